The van der Waals surface area contributed by atoms with Gasteiger partial charge in [0, 0.05) is 18.7 Å². The second kappa shape index (κ2) is 11.7. The zero-order valence-electron chi connectivity index (χ0n) is 19.4. The summed E-state index contributed by atoms with van der Waals surface area (Å²) < 4.78 is 11.5. The maximum Gasteiger partial charge on any atom is 0.208 e. The molecule has 1 saturated heterocycles. The molecule has 1 aromatic carbocycles. The van der Waals surface area contributed by atoms with Crippen molar-refractivity contribution in [2.24, 2.45) is 10.9 Å². The molecule has 2 aromatic rings. The van der Waals surface area contributed by atoms with Gasteiger partial charge in [0.05, 0.1) is 25.4 Å². The van der Waals surface area contributed by atoms with Crippen LogP contribution in [-0.4, -0.2) is 48.6 Å². The third-order valence-electron chi connectivity index (χ3n) is 5.72. The van der Waals surface area contributed by atoms with E-state index >= 15 is 0 Å². The van der Waals surface area contributed by atoms with Crippen molar-refractivity contribution in [2.75, 3.05) is 32.8 Å². The van der Waals surface area contributed by atoms with Crippen molar-refractivity contribution >= 4 is 5.96 Å². The normalized spacial score (nSPS) is 15.8. The lowest BCUT2D eigenvalue weighted by atomic mass is 9.97. The predicted molar refractivity (Wildman–Crippen MR) is 124 cm³/mol. The number of hydrogen-bond donors (Lipinski definition) is 2. The Hall–Kier alpha value is -2.54. The average molecular weight is 428 g/mol. The molecule has 7 nitrogen and oxygen atoms in total. The van der Waals surface area contributed by atoms with Crippen LogP contribution < -0.4 is 15.4 Å². The number of aryl methyl sites for hydroxylation is 2. The minimum atomic E-state index is 0.596. The average Bonchev–Trinajstić information content (AvgIpc) is 3.09. The van der Waals surface area contributed by atoms with E-state index < -0.39 is 0 Å². The quantitative estimate of drug-likeness (QED) is 0.470. The smallest absolute Gasteiger partial charge is 0.208 e. The maximum absolute atomic E-state index is 5.74. The van der Waals surface area contributed by atoms with Crippen LogP contribution in [0.1, 0.15) is 49.6 Å². The number of guanidine groups is 1. The largest absolute Gasteiger partial charge is 0.494 e. The molecule has 1 fully saturated rings. The summed E-state index contributed by atoms with van der Waals surface area (Å²) in [7, 11) is 0. The number of ether oxygens (including phenoxy) is 1. The van der Waals surface area contributed by atoms with Gasteiger partial charge in [0.25, 0.3) is 0 Å². The van der Waals surface area contributed by atoms with Gasteiger partial charge >= 0.3 is 0 Å². The highest BCUT2D eigenvalue weighted by atomic mass is 16.5. The molecule has 0 bridgehead atoms. The van der Waals surface area contributed by atoms with Crippen molar-refractivity contribution < 1.29 is 9.15 Å². The van der Waals surface area contributed by atoms with Gasteiger partial charge in [0.1, 0.15) is 11.5 Å². The lowest BCUT2D eigenvalue weighted by Gasteiger charge is -2.31. The van der Waals surface area contributed by atoms with Crippen LogP contribution in [0.5, 0.6) is 5.75 Å². The van der Waals surface area contributed by atoms with Gasteiger partial charge in [-0.25, -0.2) is 9.98 Å². The molecule has 2 N–H and O–H groups in total. The van der Waals surface area contributed by atoms with Gasteiger partial charge in [0.2, 0.25) is 5.89 Å². The maximum atomic E-state index is 5.74. The molecular weight excluding hydrogens is 390 g/mol. The minimum absolute atomic E-state index is 0.596. The number of rotatable bonds is 9. The van der Waals surface area contributed by atoms with Gasteiger partial charge in [-0.05, 0) is 65.6 Å². The van der Waals surface area contributed by atoms with E-state index in [1.807, 2.05) is 39.0 Å². The fourth-order valence-corrected chi connectivity index (χ4v) is 3.82. The Kier molecular flexibility index (Phi) is 8.76. The van der Waals surface area contributed by atoms with Crippen LogP contribution in [0.25, 0.3) is 0 Å². The Bertz CT molecular complexity index is 821. The summed E-state index contributed by atoms with van der Waals surface area (Å²) in [5, 5.41) is 6.90. The molecular formula is C24H37N5O2. The first kappa shape index (κ1) is 23.1. The lowest BCUT2D eigenvalue weighted by molar-refractivity contribution is 0.164. The van der Waals surface area contributed by atoms with E-state index in [-0.39, 0.29) is 0 Å². The molecule has 2 heterocycles. The number of aliphatic imine (C=N–C) groups is 1. The molecule has 0 atom stereocenters. The van der Waals surface area contributed by atoms with Gasteiger partial charge in [-0.3, -0.25) is 4.90 Å². The summed E-state index contributed by atoms with van der Waals surface area (Å²) in [5.41, 5.74) is 2.10. The van der Waals surface area contributed by atoms with E-state index in [4.69, 9.17) is 14.1 Å². The zero-order chi connectivity index (χ0) is 22.1. The third kappa shape index (κ3) is 6.99. The Morgan fingerprint density at radius 1 is 1.19 bits per heavy atom. The Balaban J connectivity index is 1.46. The number of nitrogens with zero attached hydrogens (tertiary/aromatic N) is 3. The van der Waals surface area contributed by atoms with E-state index in [0.29, 0.717) is 19.1 Å². The molecule has 0 saturated carbocycles. The second-order valence-electron chi connectivity index (χ2n) is 8.09. The Morgan fingerprint density at radius 3 is 2.65 bits per heavy atom. The van der Waals surface area contributed by atoms with Crippen LogP contribution in [0.4, 0.5) is 0 Å². The van der Waals surface area contributed by atoms with E-state index in [2.05, 4.69) is 33.5 Å². The molecule has 0 radical (unpaired) electrons. The van der Waals surface area contributed by atoms with Crippen molar-refractivity contribution in [2.45, 2.75) is 53.6 Å². The number of aromatic nitrogens is 1. The highest BCUT2D eigenvalue weighted by molar-refractivity contribution is 5.79. The standard InChI is InChI=1S/C24H37N5O2/c1-5-25-24(27-16-21-9-7-8-10-22(21)30-6-2)26-15-20-11-13-29(14-12-20)17-23-28-18(3)19(4)31-23/h7-10,20H,5-6,11-17H2,1-4H3,(H2,25,26,27). The summed E-state index contributed by atoms with van der Waals surface area (Å²) in [6, 6.07) is 8.11. The molecule has 1 aliphatic heterocycles. The molecule has 31 heavy (non-hydrogen) atoms. The number of oxazole rings is 1. The first-order valence-electron chi connectivity index (χ1n) is 11.5. The molecule has 1 aromatic heterocycles. The Labute approximate surface area is 186 Å². The van der Waals surface area contributed by atoms with E-state index in [9.17, 15) is 0 Å². The predicted octanol–water partition coefficient (Wildman–Crippen LogP) is 3.66. The molecule has 170 valence electrons. The van der Waals surface area contributed by atoms with Crippen molar-refractivity contribution in [3.05, 3.63) is 47.2 Å². The van der Waals surface area contributed by atoms with E-state index in [1.165, 1.54) is 0 Å². The summed E-state index contributed by atoms with van der Waals surface area (Å²) >= 11 is 0. The highest BCUT2D eigenvalue weighted by Gasteiger charge is 2.21. The number of piperidine rings is 1. The SMILES string of the molecule is CCNC(=NCc1ccccc1OCC)NCC1CCN(Cc2nc(C)c(C)o2)CC1. The van der Waals surface area contributed by atoms with E-state index in [0.717, 1.165) is 80.2 Å². The van der Waals surface area contributed by atoms with Crippen LogP contribution in [0, 0.1) is 19.8 Å². The Morgan fingerprint density at radius 2 is 1.97 bits per heavy atom. The van der Waals surface area contributed by atoms with Crippen molar-refractivity contribution in [3.8, 4) is 5.75 Å². The van der Waals surface area contributed by atoms with Crippen LogP contribution in [-0.2, 0) is 13.1 Å². The summed E-state index contributed by atoms with van der Waals surface area (Å²) in [6.45, 7) is 14.0. The topological polar surface area (TPSA) is 74.9 Å². The molecule has 0 amide bonds. The number of para-hydroxylation sites is 1. The monoisotopic (exact) mass is 427 g/mol. The molecule has 0 aliphatic carbocycles. The van der Waals surface area contributed by atoms with Gasteiger partial charge in [-0.1, -0.05) is 18.2 Å². The number of hydrogen-bond acceptors (Lipinski definition) is 5. The molecule has 3 rings (SSSR count). The first-order chi connectivity index (χ1) is 15.1. The van der Waals surface area contributed by atoms with Crippen molar-refractivity contribution in [1.29, 1.82) is 0 Å². The van der Waals surface area contributed by atoms with Crippen LogP contribution in [0.3, 0.4) is 0 Å². The fourth-order valence-electron chi connectivity index (χ4n) is 3.82. The van der Waals surface area contributed by atoms with E-state index in [1.54, 1.807) is 0 Å². The van der Waals surface area contributed by atoms with Crippen LogP contribution in [0.15, 0.2) is 33.7 Å². The number of nitrogens with one attached hydrogen (secondary N) is 2. The molecule has 7 heteroatoms. The van der Waals surface area contributed by atoms with Gasteiger partial charge < -0.3 is 19.8 Å². The highest BCUT2D eigenvalue weighted by Crippen LogP contribution is 2.20. The van der Waals surface area contributed by atoms with Crippen LogP contribution >= 0.6 is 0 Å². The number of benzene rings is 1. The minimum Gasteiger partial charge on any atom is -0.494 e. The third-order valence-corrected chi connectivity index (χ3v) is 5.72. The van der Waals surface area contributed by atoms with Gasteiger partial charge in [-0.15, -0.1) is 0 Å². The lowest BCUT2D eigenvalue weighted by Crippen LogP contribution is -2.42. The van der Waals surface area contributed by atoms with Crippen molar-refractivity contribution in [3.63, 3.8) is 0 Å². The first-order valence-corrected chi connectivity index (χ1v) is 11.5. The summed E-state index contributed by atoms with van der Waals surface area (Å²) in [6.07, 6.45) is 2.33. The molecule has 1 aliphatic rings. The van der Waals surface area contributed by atoms with Crippen LogP contribution in [0.2, 0.25) is 0 Å². The number of likely N-dealkylation sites (tertiary alicyclic amines) is 1. The zero-order valence-corrected chi connectivity index (χ0v) is 19.4. The second-order valence-corrected chi connectivity index (χ2v) is 8.09. The molecule has 0 spiro atoms. The molecule has 0 unspecified atom stereocenters. The fraction of sp³-hybridized carbons (Fsp3) is 0.583. The summed E-state index contributed by atoms with van der Waals surface area (Å²) in [5.74, 6) is 4.17. The van der Waals surface area contributed by atoms with Crippen molar-refractivity contribution in [1.82, 2.24) is 20.5 Å². The van der Waals surface area contributed by atoms with Gasteiger partial charge in [0.15, 0.2) is 5.96 Å². The van der Waals surface area contributed by atoms with Gasteiger partial charge in [-0.2, -0.15) is 0 Å². The summed E-state index contributed by atoms with van der Waals surface area (Å²) in [4.78, 5) is 11.7.